The Morgan fingerprint density at radius 1 is 1.22 bits per heavy atom. The van der Waals surface area contributed by atoms with Crippen molar-refractivity contribution in [1.29, 1.82) is 0 Å². The minimum absolute atomic E-state index is 0.0959. The van der Waals surface area contributed by atoms with Crippen LogP contribution in [0.15, 0.2) is 18.2 Å². The van der Waals surface area contributed by atoms with Gasteiger partial charge in [-0.25, -0.2) is 8.78 Å². The van der Waals surface area contributed by atoms with Crippen molar-refractivity contribution in [1.82, 2.24) is 9.80 Å². The molecule has 0 spiro atoms. The fourth-order valence-corrected chi connectivity index (χ4v) is 3.34. The smallest absolute Gasteiger partial charge is 0.225 e. The Bertz CT molecular complexity index is 599. The predicted molar refractivity (Wildman–Crippen MR) is 85.0 cm³/mol. The van der Waals surface area contributed by atoms with Crippen LogP contribution in [-0.4, -0.2) is 47.4 Å². The van der Waals surface area contributed by atoms with E-state index in [9.17, 15) is 13.6 Å². The summed E-state index contributed by atoms with van der Waals surface area (Å²) in [7, 11) is 0. The van der Waals surface area contributed by atoms with E-state index >= 15 is 0 Å². The Kier molecular flexibility index (Phi) is 4.41. The number of carbonyl (C=O) groups is 1. The van der Waals surface area contributed by atoms with Gasteiger partial charge in [-0.15, -0.1) is 0 Å². The zero-order chi connectivity index (χ0) is 16.6. The first-order chi connectivity index (χ1) is 10.9. The molecule has 0 atom stereocenters. The fraction of sp³-hybridized carbons (Fsp3) is 0.611. The van der Waals surface area contributed by atoms with E-state index in [2.05, 4.69) is 18.7 Å². The van der Waals surface area contributed by atoms with Crippen molar-refractivity contribution in [3.05, 3.63) is 35.4 Å². The highest BCUT2D eigenvalue weighted by Gasteiger charge is 2.40. The molecule has 1 aliphatic heterocycles. The average Bonchev–Trinajstić information content (AvgIpc) is 3.32. The lowest BCUT2D eigenvalue weighted by Crippen LogP contribution is -2.60. The zero-order valence-electron chi connectivity index (χ0n) is 13.8. The number of carbonyl (C=O) groups excluding carboxylic acids is 1. The quantitative estimate of drug-likeness (QED) is 0.851. The van der Waals surface area contributed by atoms with Gasteiger partial charge in [0.2, 0.25) is 5.91 Å². The summed E-state index contributed by atoms with van der Waals surface area (Å²) in [6.45, 7) is 7.39. The number of hydrogen-bond donors (Lipinski definition) is 0. The number of amides is 1. The summed E-state index contributed by atoms with van der Waals surface area (Å²) < 4.78 is 26.3. The van der Waals surface area contributed by atoms with Crippen molar-refractivity contribution in [2.75, 3.05) is 26.2 Å². The van der Waals surface area contributed by atoms with Gasteiger partial charge in [0.05, 0.1) is 0 Å². The van der Waals surface area contributed by atoms with Crippen molar-refractivity contribution < 1.29 is 13.6 Å². The van der Waals surface area contributed by atoms with E-state index in [1.807, 2.05) is 4.90 Å². The first kappa shape index (κ1) is 16.4. The van der Waals surface area contributed by atoms with Crippen LogP contribution in [0.2, 0.25) is 0 Å². The fourth-order valence-electron chi connectivity index (χ4n) is 3.34. The van der Waals surface area contributed by atoms with Crippen LogP contribution in [0.25, 0.3) is 0 Å². The number of piperazine rings is 1. The molecule has 1 saturated carbocycles. The van der Waals surface area contributed by atoms with E-state index < -0.39 is 11.6 Å². The van der Waals surface area contributed by atoms with Crippen LogP contribution in [0.5, 0.6) is 0 Å². The van der Waals surface area contributed by atoms with E-state index in [1.54, 1.807) is 6.07 Å². The molecule has 0 bridgehead atoms. The Morgan fingerprint density at radius 3 is 2.57 bits per heavy atom. The Labute approximate surface area is 136 Å². The lowest BCUT2D eigenvalue weighted by Gasteiger charge is -2.47. The van der Waals surface area contributed by atoms with Crippen molar-refractivity contribution in [2.24, 2.45) is 5.92 Å². The second kappa shape index (κ2) is 6.19. The molecule has 2 aliphatic rings. The van der Waals surface area contributed by atoms with E-state index in [0.29, 0.717) is 12.3 Å². The molecule has 23 heavy (non-hydrogen) atoms. The third-order valence-corrected chi connectivity index (χ3v) is 4.97. The maximum Gasteiger partial charge on any atom is 0.225 e. The van der Waals surface area contributed by atoms with Gasteiger partial charge in [-0.05, 0) is 50.8 Å². The van der Waals surface area contributed by atoms with Gasteiger partial charge in [-0.2, -0.15) is 0 Å². The Balaban J connectivity index is 1.58. The molecule has 3 nitrogen and oxygen atoms in total. The summed E-state index contributed by atoms with van der Waals surface area (Å²) in [4.78, 5) is 16.6. The molecule has 0 N–H and O–H groups in total. The average molecular weight is 322 g/mol. The Morgan fingerprint density at radius 2 is 1.96 bits per heavy atom. The molecule has 0 radical (unpaired) electrons. The highest BCUT2D eigenvalue weighted by molar-refractivity contribution is 5.81. The number of halogens is 2. The second-order valence-electron chi connectivity index (χ2n) is 7.33. The van der Waals surface area contributed by atoms with Gasteiger partial charge in [0.15, 0.2) is 11.6 Å². The molecule has 2 fully saturated rings. The monoisotopic (exact) mass is 322 g/mol. The maximum atomic E-state index is 13.3. The molecule has 0 aromatic heterocycles. The minimum atomic E-state index is -0.804. The van der Waals surface area contributed by atoms with E-state index in [1.165, 1.54) is 12.1 Å². The first-order valence-corrected chi connectivity index (χ1v) is 8.34. The molecular formula is C18H24F2N2O. The highest BCUT2D eigenvalue weighted by atomic mass is 19.2. The van der Waals surface area contributed by atoms with E-state index in [-0.39, 0.29) is 11.5 Å². The van der Waals surface area contributed by atoms with E-state index in [4.69, 9.17) is 0 Å². The standard InChI is InChI=1S/C18H24F2N2O/c1-18(2)12-21(17(23)14-4-5-14)9-10-22(18)8-7-13-3-6-15(19)16(20)11-13/h3,6,11,14H,4-5,7-10,12H2,1-2H3. The maximum absolute atomic E-state index is 13.3. The third-order valence-electron chi connectivity index (χ3n) is 4.97. The molecule has 0 unspecified atom stereocenters. The van der Waals surface area contributed by atoms with E-state index in [0.717, 1.165) is 44.6 Å². The van der Waals surface area contributed by atoms with Gasteiger partial charge in [-0.1, -0.05) is 6.07 Å². The highest BCUT2D eigenvalue weighted by Crippen LogP contribution is 2.33. The van der Waals surface area contributed by atoms with Crippen molar-refractivity contribution in [3.8, 4) is 0 Å². The Hall–Kier alpha value is -1.49. The first-order valence-electron chi connectivity index (χ1n) is 8.34. The van der Waals surface area contributed by atoms with Crippen LogP contribution < -0.4 is 0 Å². The minimum Gasteiger partial charge on any atom is -0.339 e. The van der Waals surface area contributed by atoms with Crippen LogP contribution in [0.3, 0.4) is 0 Å². The molecular weight excluding hydrogens is 298 g/mol. The summed E-state index contributed by atoms with van der Waals surface area (Å²) in [5, 5.41) is 0. The zero-order valence-corrected chi connectivity index (χ0v) is 13.8. The van der Waals surface area contributed by atoms with Crippen LogP contribution in [-0.2, 0) is 11.2 Å². The normalized spacial score (nSPS) is 21.5. The van der Waals surface area contributed by atoms with Crippen LogP contribution in [0.4, 0.5) is 8.78 Å². The van der Waals surface area contributed by atoms with Gasteiger partial charge in [0.25, 0.3) is 0 Å². The largest absolute Gasteiger partial charge is 0.339 e. The number of rotatable bonds is 4. The van der Waals surface area contributed by atoms with Gasteiger partial charge in [-0.3, -0.25) is 9.69 Å². The van der Waals surface area contributed by atoms with Crippen molar-refractivity contribution >= 4 is 5.91 Å². The predicted octanol–water partition coefficient (Wildman–Crippen LogP) is 2.84. The van der Waals surface area contributed by atoms with Gasteiger partial charge in [0, 0.05) is 37.6 Å². The van der Waals surface area contributed by atoms with Crippen molar-refractivity contribution in [2.45, 2.75) is 38.6 Å². The SMILES string of the molecule is CC1(C)CN(C(=O)C2CC2)CCN1CCc1ccc(F)c(F)c1. The lowest BCUT2D eigenvalue weighted by atomic mass is 9.97. The van der Waals surface area contributed by atoms with Crippen LogP contribution in [0.1, 0.15) is 32.3 Å². The number of hydrogen-bond acceptors (Lipinski definition) is 2. The number of benzene rings is 1. The molecule has 1 saturated heterocycles. The summed E-state index contributed by atoms with van der Waals surface area (Å²) in [6, 6.07) is 4.09. The van der Waals surface area contributed by atoms with Crippen LogP contribution in [0, 0.1) is 17.6 Å². The number of nitrogens with zero attached hydrogens (tertiary/aromatic N) is 2. The second-order valence-corrected chi connectivity index (χ2v) is 7.33. The molecule has 1 aromatic rings. The van der Waals surface area contributed by atoms with Gasteiger partial charge < -0.3 is 4.90 Å². The van der Waals surface area contributed by atoms with Gasteiger partial charge in [0.1, 0.15) is 0 Å². The third kappa shape index (κ3) is 3.71. The molecule has 1 amide bonds. The summed E-state index contributed by atoms with van der Waals surface area (Å²) >= 11 is 0. The van der Waals surface area contributed by atoms with Crippen LogP contribution >= 0.6 is 0 Å². The molecule has 1 heterocycles. The van der Waals surface area contributed by atoms with Crippen molar-refractivity contribution in [3.63, 3.8) is 0 Å². The molecule has 1 aliphatic carbocycles. The summed E-state index contributed by atoms with van der Waals surface area (Å²) in [5.41, 5.74) is 0.706. The summed E-state index contributed by atoms with van der Waals surface area (Å²) in [6.07, 6.45) is 2.75. The summed E-state index contributed by atoms with van der Waals surface area (Å²) in [5.74, 6) is -1.03. The lowest BCUT2D eigenvalue weighted by molar-refractivity contribution is -0.137. The molecule has 3 rings (SSSR count). The van der Waals surface area contributed by atoms with Gasteiger partial charge >= 0.3 is 0 Å². The molecule has 1 aromatic carbocycles. The topological polar surface area (TPSA) is 23.6 Å². The molecule has 126 valence electrons. The molecule has 5 heteroatoms.